The van der Waals surface area contributed by atoms with Gasteiger partial charge in [0.25, 0.3) is 0 Å². The zero-order valence-corrected chi connectivity index (χ0v) is 12.0. The van der Waals surface area contributed by atoms with E-state index in [4.69, 9.17) is 11.6 Å². The number of carbonyl (C=O) groups is 1. The number of rotatable bonds is 5. The molecule has 4 nitrogen and oxygen atoms in total. The van der Waals surface area contributed by atoms with Crippen molar-refractivity contribution in [2.24, 2.45) is 11.8 Å². The number of hydrogen-bond donors (Lipinski definition) is 1. The van der Waals surface area contributed by atoms with E-state index >= 15 is 0 Å². The van der Waals surface area contributed by atoms with Crippen molar-refractivity contribution in [1.29, 1.82) is 0 Å². The first-order chi connectivity index (χ1) is 9.20. The van der Waals surface area contributed by atoms with Gasteiger partial charge >= 0.3 is 0 Å². The summed E-state index contributed by atoms with van der Waals surface area (Å²) in [6.45, 7) is 2.56. The molecule has 0 spiro atoms. The molecule has 0 radical (unpaired) electrons. The molecule has 1 aliphatic rings. The van der Waals surface area contributed by atoms with E-state index in [1.54, 1.807) is 12.4 Å². The van der Waals surface area contributed by atoms with Crippen molar-refractivity contribution in [3.05, 3.63) is 23.2 Å². The summed E-state index contributed by atoms with van der Waals surface area (Å²) in [4.78, 5) is 20.1. The van der Waals surface area contributed by atoms with E-state index in [9.17, 15) is 4.79 Å². The molecule has 2 rings (SSSR count). The largest absolute Gasteiger partial charge is 0.350 e. The third-order valence-corrected chi connectivity index (χ3v) is 4.08. The topological polar surface area (TPSA) is 54.9 Å². The molecule has 1 aromatic heterocycles. The van der Waals surface area contributed by atoms with E-state index in [-0.39, 0.29) is 11.8 Å². The lowest BCUT2D eigenvalue weighted by Gasteiger charge is -2.11. The lowest BCUT2D eigenvalue weighted by atomic mass is 10.00. The van der Waals surface area contributed by atoms with Gasteiger partial charge in [0.2, 0.25) is 5.91 Å². The van der Waals surface area contributed by atoms with Crippen molar-refractivity contribution in [3.8, 4) is 0 Å². The van der Waals surface area contributed by atoms with Gasteiger partial charge in [-0.05, 0) is 25.2 Å². The molecule has 2 unspecified atom stereocenters. The zero-order chi connectivity index (χ0) is 13.7. The van der Waals surface area contributed by atoms with Crippen LogP contribution in [0.5, 0.6) is 0 Å². The molecule has 1 amide bonds. The summed E-state index contributed by atoms with van der Waals surface area (Å²) in [5.74, 6) is 1.01. The Bertz CT molecular complexity index is 438. The Morgan fingerprint density at radius 3 is 2.95 bits per heavy atom. The minimum Gasteiger partial charge on any atom is -0.350 e. The van der Waals surface area contributed by atoms with Crippen LogP contribution in [-0.2, 0) is 11.3 Å². The molecule has 1 heterocycles. The SMILES string of the molecule is CCCC1CCC(C(=O)NCc2nccnc2Cl)C1. The summed E-state index contributed by atoms with van der Waals surface area (Å²) in [5.41, 5.74) is 0.626. The van der Waals surface area contributed by atoms with Gasteiger partial charge in [-0.25, -0.2) is 4.98 Å². The molecule has 1 aromatic rings. The van der Waals surface area contributed by atoms with Crippen LogP contribution in [-0.4, -0.2) is 15.9 Å². The van der Waals surface area contributed by atoms with Gasteiger partial charge in [-0.2, -0.15) is 0 Å². The summed E-state index contributed by atoms with van der Waals surface area (Å²) < 4.78 is 0. The maximum atomic E-state index is 12.1. The highest BCUT2D eigenvalue weighted by atomic mass is 35.5. The molecular formula is C14H20ClN3O. The van der Waals surface area contributed by atoms with Gasteiger partial charge in [-0.3, -0.25) is 9.78 Å². The van der Waals surface area contributed by atoms with Crippen LogP contribution in [0.15, 0.2) is 12.4 Å². The van der Waals surface area contributed by atoms with Gasteiger partial charge in [0.1, 0.15) is 0 Å². The molecule has 104 valence electrons. The Kier molecular flexibility index (Phi) is 5.14. The van der Waals surface area contributed by atoms with Crippen molar-refractivity contribution in [3.63, 3.8) is 0 Å². The van der Waals surface area contributed by atoms with Crippen molar-refractivity contribution < 1.29 is 4.79 Å². The van der Waals surface area contributed by atoms with Gasteiger partial charge in [-0.15, -0.1) is 0 Å². The van der Waals surface area contributed by atoms with E-state index in [1.807, 2.05) is 0 Å². The molecule has 2 atom stereocenters. The summed E-state index contributed by atoms with van der Waals surface area (Å²) in [5, 5.41) is 3.28. The number of nitrogens with one attached hydrogen (secondary N) is 1. The van der Waals surface area contributed by atoms with Crippen molar-refractivity contribution in [1.82, 2.24) is 15.3 Å². The van der Waals surface area contributed by atoms with Crippen LogP contribution < -0.4 is 5.32 Å². The maximum absolute atomic E-state index is 12.1. The Balaban J connectivity index is 1.81. The van der Waals surface area contributed by atoms with Crippen LogP contribution in [0.4, 0.5) is 0 Å². The molecule has 1 fully saturated rings. The predicted molar refractivity (Wildman–Crippen MR) is 74.6 cm³/mol. The summed E-state index contributed by atoms with van der Waals surface area (Å²) in [6, 6.07) is 0. The lowest BCUT2D eigenvalue weighted by Crippen LogP contribution is -2.29. The van der Waals surface area contributed by atoms with Gasteiger partial charge in [0.05, 0.1) is 12.2 Å². The van der Waals surface area contributed by atoms with Crippen molar-refractivity contribution >= 4 is 17.5 Å². The first-order valence-electron chi connectivity index (χ1n) is 6.93. The van der Waals surface area contributed by atoms with Gasteiger partial charge in [0, 0.05) is 18.3 Å². The number of halogens is 1. The first-order valence-corrected chi connectivity index (χ1v) is 7.31. The van der Waals surface area contributed by atoms with E-state index in [0.717, 1.165) is 18.8 Å². The van der Waals surface area contributed by atoms with Crippen LogP contribution in [0.3, 0.4) is 0 Å². The molecule has 1 N–H and O–H groups in total. The average Bonchev–Trinajstić information content (AvgIpc) is 2.87. The van der Waals surface area contributed by atoms with E-state index in [2.05, 4.69) is 22.2 Å². The number of hydrogen-bond acceptors (Lipinski definition) is 3. The fourth-order valence-electron chi connectivity index (χ4n) is 2.77. The Morgan fingerprint density at radius 1 is 1.42 bits per heavy atom. The van der Waals surface area contributed by atoms with Crippen LogP contribution in [0.2, 0.25) is 5.15 Å². The number of carbonyl (C=O) groups excluding carboxylic acids is 1. The second-order valence-electron chi connectivity index (χ2n) is 5.18. The Labute approximate surface area is 119 Å². The summed E-state index contributed by atoms with van der Waals surface area (Å²) in [7, 11) is 0. The van der Waals surface area contributed by atoms with Gasteiger partial charge < -0.3 is 5.32 Å². The molecule has 1 aliphatic carbocycles. The fraction of sp³-hybridized carbons (Fsp3) is 0.643. The molecule has 1 saturated carbocycles. The third kappa shape index (κ3) is 3.90. The highest BCUT2D eigenvalue weighted by Crippen LogP contribution is 2.33. The third-order valence-electron chi connectivity index (χ3n) is 3.76. The summed E-state index contributed by atoms with van der Waals surface area (Å²) in [6.07, 6.45) is 8.77. The molecular weight excluding hydrogens is 262 g/mol. The van der Waals surface area contributed by atoms with Crippen molar-refractivity contribution in [2.75, 3.05) is 0 Å². The van der Waals surface area contributed by atoms with Crippen LogP contribution in [0.25, 0.3) is 0 Å². The van der Waals surface area contributed by atoms with E-state index < -0.39 is 0 Å². The Hall–Kier alpha value is -1.16. The molecule has 0 aromatic carbocycles. The average molecular weight is 282 g/mol. The van der Waals surface area contributed by atoms with Gasteiger partial charge in [0.15, 0.2) is 5.15 Å². The molecule has 5 heteroatoms. The minimum atomic E-state index is 0.125. The minimum absolute atomic E-state index is 0.125. The summed E-state index contributed by atoms with van der Waals surface area (Å²) >= 11 is 5.91. The first kappa shape index (κ1) is 14.3. The second-order valence-corrected chi connectivity index (χ2v) is 5.53. The van der Waals surface area contributed by atoms with E-state index in [1.165, 1.54) is 19.3 Å². The monoisotopic (exact) mass is 281 g/mol. The quantitative estimate of drug-likeness (QED) is 0.903. The molecule has 0 saturated heterocycles. The van der Waals surface area contributed by atoms with Crippen LogP contribution >= 0.6 is 11.6 Å². The highest BCUT2D eigenvalue weighted by molar-refractivity contribution is 6.29. The van der Waals surface area contributed by atoms with Gasteiger partial charge in [-0.1, -0.05) is 31.4 Å². The van der Waals surface area contributed by atoms with Crippen molar-refractivity contribution in [2.45, 2.75) is 45.6 Å². The van der Waals surface area contributed by atoms with Crippen LogP contribution in [0.1, 0.15) is 44.7 Å². The zero-order valence-electron chi connectivity index (χ0n) is 11.2. The Morgan fingerprint density at radius 2 is 2.21 bits per heavy atom. The second kappa shape index (κ2) is 6.85. The highest BCUT2D eigenvalue weighted by Gasteiger charge is 2.29. The molecule has 0 bridgehead atoms. The molecule has 0 aliphatic heterocycles. The normalized spacial score (nSPS) is 22.4. The number of aromatic nitrogens is 2. The number of nitrogens with zero attached hydrogens (tertiary/aromatic N) is 2. The number of amides is 1. The molecule has 19 heavy (non-hydrogen) atoms. The smallest absolute Gasteiger partial charge is 0.223 e. The van der Waals surface area contributed by atoms with Crippen LogP contribution in [0, 0.1) is 11.8 Å². The standard InChI is InChI=1S/C14H20ClN3O/c1-2-3-10-4-5-11(8-10)14(19)18-9-12-13(15)17-7-6-16-12/h6-7,10-11H,2-5,8-9H2,1H3,(H,18,19). The van der Waals surface area contributed by atoms with E-state index in [0.29, 0.717) is 17.4 Å². The predicted octanol–water partition coefficient (Wildman–Crippen LogP) is 2.96. The maximum Gasteiger partial charge on any atom is 0.223 e. The lowest BCUT2D eigenvalue weighted by molar-refractivity contribution is -0.125. The fourth-order valence-corrected chi connectivity index (χ4v) is 2.94.